The predicted octanol–water partition coefficient (Wildman–Crippen LogP) is 2.68. The van der Waals surface area contributed by atoms with E-state index in [-0.39, 0.29) is 22.3 Å². The van der Waals surface area contributed by atoms with Gasteiger partial charge in [0.25, 0.3) is 5.91 Å². The third kappa shape index (κ3) is 4.03. The Morgan fingerprint density at radius 1 is 1.62 bits per heavy atom. The molecule has 110 valence electrons. The lowest BCUT2D eigenvalue weighted by Crippen LogP contribution is -2.32. The van der Waals surface area contributed by atoms with Crippen molar-refractivity contribution < 1.29 is 13.9 Å². The van der Waals surface area contributed by atoms with E-state index in [1.807, 2.05) is 0 Å². The summed E-state index contributed by atoms with van der Waals surface area (Å²) in [6, 6.07) is 5.93. The van der Waals surface area contributed by atoms with E-state index >= 15 is 0 Å². The molecule has 1 aromatic rings. The number of nitrogens with zero attached hydrogens (tertiary/aromatic N) is 1. The van der Waals surface area contributed by atoms with E-state index in [1.165, 1.54) is 18.2 Å². The summed E-state index contributed by atoms with van der Waals surface area (Å²) in [5.74, 6) is -1.14. The molecule has 0 saturated carbocycles. The molecule has 0 spiro atoms. The zero-order chi connectivity index (χ0) is 15.2. The van der Waals surface area contributed by atoms with E-state index in [0.717, 1.165) is 18.9 Å². The maximum atomic E-state index is 13.7. The monoisotopic (exact) mass is 308 g/mol. The van der Waals surface area contributed by atoms with Crippen molar-refractivity contribution in [3.63, 3.8) is 0 Å². The molecule has 1 aliphatic heterocycles. The highest BCUT2D eigenvalue weighted by Gasteiger charge is 2.18. The molecule has 6 heteroatoms. The number of carbonyl (C=O) groups is 1. The number of rotatable bonds is 4. The molecule has 0 aliphatic carbocycles. The molecule has 1 atom stereocenters. The van der Waals surface area contributed by atoms with Crippen LogP contribution in [0, 0.1) is 17.1 Å². The molecular weight excluding hydrogens is 295 g/mol. The number of nitrogens with one attached hydrogen (secondary N) is 1. The lowest BCUT2D eigenvalue weighted by Gasteiger charge is -2.10. The number of carbonyl (C=O) groups excluding carboxylic acids is 1. The summed E-state index contributed by atoms with van der Waals surface area (Å²) in [4.78, 5) is 11.9. The number of nitriles is 1. The molecule has 1 saturated heterocycles. The lowest BCUT2D eigenvalue weighted by molar-refractivity contribution is -0.117. The average Bonchev–Trinajstić information content (AvgIpc) is 2.98. The van der Waals surface area contributed by atoms with Crippen LogP contribution in [-0.4, -0.2) is 25.2 Å². The van der Waals surface area contributed by atoms with Crippen LogP contribution in [0.3, 0.4) is 0 Å². The minimum Gasteiger partial charge on any atom is -0.376 e. The first-order chi connectivity index (χ1) is 10.1. The molecule has 21 heavy (non-hydrogen) atoms. The van der Waals surface area contributed by atoms with Gasteiger partial charge >= 0.3 is 0 Å². The maximum absolute atomic E-state index is 13.7. The number of halogens is 2. The highest BCUT2D eigenvalue weighted by molar-refractivity contribution is 6.32. The summed E-state index contributed by atoms with van der Waals surface area (Å²) < 4.78 is 19.0. The van der Waals surface area contributed by atoms with Crippen LogP contribution in [0.15, 0.2) is 23.8 Å². The molecule has 0 aromatic heterocycles. The third-order valence-corrected chi connectivity index (χ3v) is 3.50. The van der Waals surface area contributed by atoms with Gasteiger partial charge in [-0.05, 0) is 31.1 Å². The fraction of sp³-hybridized carbons (Fsp3) is 0.333. The van der Waals surface area contributed by atoms with Crippen molar-refractivity contribution in [2.24, 2.45) is 0 Å². The van der Waals surface area contributed by atoms with Gasteiger partial charge in [-0.15, -0.1) is 0 Å². The van der Waals surface area contributed by atoms with Crippen LogP contribution < -0.4 is 5.32 Å². The Hall–Kier alpha value is -1.90. The van der Waals surface area contributed by atoms with E-state index in [9.17, 15) is 9.18 Å². The zero-order valence-electron chi connectivity index (χ0n) is 11.2. The van der Waals surface area contributed by atoms with E-state index in [1.54, 1.807) is 6.07 Å². The summed E-state index contributed by atoms with van der Waals surface area (Å²) >= 11 is 5.87. The van der Waals surface area contributed by atoms with Gasteiger partial charge in [-0.1, -0.05) is 17.7 Å². The third-order valence-electron chi connectivity index (χ3n) is 3.17. The molecule has 0 radical (unpaired) electrons. The summed E-state index contributed by atoms with van der Waals surface area (Å²) in [7, 11) is 0. The molecule has 0 unspecified atom stereocenters. The SMILES string of the molecule is N#C/C(=C\c1c(F)cccc1Cl)C(=O)NC[C@H]1CCCO1. The molecule has 4 nitrogen and oxygen atoms in total. The van der Waals surface area contributed by atoms with Gasteiger partial charge in [0.15, 0.2) is 0 Å². The highest BCUT2D eigenvalue weighted by atomic mass is 35.5. The van der Waals surface area contributed by atoms with E-state index in [0.29, 0.717) is 13.2 Å². The van der Waals surface area contributed by atoms with Crippen molar-refractivity contribution in [1.29, 1.82) is 5.26 Å². The van der Waals surface area contributed by atoms with Crippen LogP contribution in [0.5, 0.6) is 0 Å². The molecule has 1 aromatic carbocycles. The lowest BCUT2D eigenvalue weighted by atomic mass is 10.1. The second kappa shape index (κ2) is 7.21. The predicted molar refractivity (Wildman–Crippen MR) is 77.0 cm³/mol. The summed E-state index contributed by atoms with van der Waals surface area (Å²) in [6.07, 6.45) is 2.98. The molecular formula is C15H14ClFN2O2. The largest absolute Gasteiger partial charge is 0.376 e. The van der Waals surface area contributed by atoms with Crippen molar-refractivity contribution in [3.8, 4) is 6.07 Å². The summed E-state index contributed by atoms with van der Waals surface area (Å²) in [5.41, 5.74) is -0.164. The first kappa shape index (κ1) is 15.5. The smallest absolute Gasteiger partial charge is 0.262 e. The van der Waals surface area contributed by atoms with E-state index in [4.69, 9.17) is 21.6 Å². The molecule has 1 N–H and O–H groups in total. The average molecular weight is 309 g/mol. The molecule has 1 heterocycles. The van der Waals surface area contributed by atoms with Crippen LogP contribution in [0.25, 0.3) is 6.08 Å². The Kier molecular flexibility index (Phi) is 5.32. The molecule has 1 fully saturated rings. The van der Waals surface area contributed by atoms with Gasteiger partial charge in [-0.3, -0.25) is 4.79 Å². The molecule has 1 amide bonds. The first-order valence-electron chi connectivity index (χ1n) is 6.57. The second-order valence-corrected chi connectivity index (χ2v) is 5.06. The van der Waals surface area contributed by atoms with Crippen LogP contribution in [0.4, 0.5) is 4.39 Å². The van der Waals surface area contributed by atoms with Crippen molar-refractivity contribution in [1.82, 2.24) is 5.32 Å². The number of hydrogen-bond donors (Lipinski definition) is 1. The van der Waals surface area contributed by atoms with Crippen molar-refractivity contribution >= 4 is 23.6 Å². The fourth-order valence-corrected chi connectivity index (χ4v) is 2.27. The Balaban J connectivity index is 2.09. The van der Waals surface area contributed by atoms with Crippen LogP contribution >= 0.6 is 11.6 Å². The Morgan fingerprint density at radius 3 is 3.05 bits per heavy atom. The van der Waals surface area contributed by atoms with Gasteiger partial charge < -0.3 is 10.1 Å². The number of benzene rings is 1. The molecule has 2 rings (SSSR count). The quantitative estimate of drug-likeness (QED) is 0.687. The van der Waals surface area contributed by atoms with Crippen molar-refractivity contribution in [2.75, 3.05) is 13.2 Å². The van der Waals surface area contributed by atoms with Gasteiger partial charge in [0.05, 0.1) is 11.1 Å². The van der Waals surface area contributed by atoms with Gasteiger partial charge in [0.1, 0.15) is 17.5 Å². The maximum Gasteiger partial charge on any atom is 0.262 e. The summed E-state index contributed by atoms with van der Waals surface area (Å²) in [6.45, 7) is 1.02. The van der Waals surface area contributed by atoms with Crippen molar-refractivity contribution in [2.45, 2.75) is 18.9 Å². The standard InChI is InChI=1S/C15H14ClFN2O2/c16-13-4-1-5-14(17)12(13)7-10(8-18)15(20)19-9-11-3-2-6-21-11/h1,4-5,7,11H,2-3,6,9H2,(H,19,20)/b10-7+/t11-/m1/s1. The molecule has 0 bridgehead atoms. The highest BCUT2D eigenvalue weighted by Crippen LogP contribution is 2.21. The van der Waals surface area contributed by atoms with Crippen LogP contribution in [-0.2, 0) is 9.53 Å². The number of amides is 1. The molecule has 1 aliphatic rings. The van der Waals surface area contributed by atoms with E-state index in [2.05, 4.69) is 5.32 Å². The minimum atomic E-state index is -0.581. The van der Waals surface area contributed by atoms with Gasteiger partial charge in [-0.2, -0.15) is 5.26 Å². The first-order valence-corrected chi connectivity index (χ1v) is 6.95. The van der Waals surface area contributed by atoms with Crippen LogP contribution in [0.2, 0.25) is 5.02 Å². The van der Waals surface area contributed by atoms with Crippen molar-refractivity contribution in [3.05, 3.63) is 40.2 Å². The Labute approximate surface area is 127 Å². The van der Waals surface area contributed by atoms with E-state index < -0.39 is 11.7 Å². The Bertz CT molecular complexity index is 584. The summed E-state index contributed by atoms with van der Waals surface area (Å²) in [5, 5.41) is 11.8. The number of hydrogen-bond acceptors (Lipinski definition) is 3. The second-order valence-electron chi connectivity index (χ2n) is 4.65. The minimum absolute atomic E-state index is 0.0223. The van der Waals surface area contributed by atoms with Gasteiger partial charge in [0.2, 0.25) is 0 Å². The van der Waals surface area contributed by atoms with Gasteiger partial charge in [-0.25, -0.2) is 4.39 Å². The number of ether oxygens (including phenoxy) is 1. The van der Waals surface area contributed by atoms with Gasteiger partial charge in [0, 0.05) is 18.7 Å². The topological polar surface area (TPSA) is 62.1 Å². The van der Waals surface area contributed by atoms with Crippen LogP contribution in [0.1, 0.15) is 18.4 Å². The normalized spacial score (nSPS) is 18.3. The Morgan fingerprint density at radius 2 is 2.43 bits per heavy atom. The fourth-order valence-electron chi connectivity index (χ4n) is 2.05. The zero-order valence-corrected chi connectivity index (χ0v) is 12.0.